The van der Waals surface area contributed by atoms with Crippen LogP contribution in [0.15, 0.2) is 12.2 Å². The number of hydrogen-bond acceptors (Lipinski definition) is 7. The molecule has 0 radical (unpaired) electrons. The van der Waals surface area contributed by atoms with Gasteiger partial charge in [0.1, 0.15) is 18.5 Å². The zero-order valence-electron chi connectivity index (χ0n) is 15.9. The molecule has 4 atom stereocenters. The van der Waals surface area contributed by atoms with Gasteiger partial charge in [-0.15, -0.1) is 0 Å². The Bertz CT molecular complexity index is 471. The Hall–Kier alpha value is -1.87. The van der Waals surface area contributed by atoms with Crippen LogP contribution in [-0.2, 0) is 4.79 Å². The van der Waals surface area contributed by atoms with Crippen LogP contribution in [0.3, 0.4) is 0 Å². The minimum Gasteiger partial charge on any atom is -0.386 e. The van der Waals surface area contributed by atoms with Crippen LogP contribution in [0, 0.1) is 20.2 Å². The lowest BCUT2D eigenvalue weighted by atomic mass is 9.95. The van der Waals surface area contributed by atoms with Crippen molar-refractivity contribution in [3.8, 4) is 0 Å². The number of aldehydes is 1. The number of aliphatic hydroxyl groups excluding tert-OH is 2. The summed E-state index contributed by atoms with van der Waals surface area (Å²) >= 11 is 0. The Morgan fingerprint density at radius 1 is 0.889 bits per heavy atom. The minimum atomic E-state index is -1.48. The molecule has 0 aromatic rings. The van der Waals surface area contributed by atoms with Crippen molar-refractivity contribution in [1.82, 2.24) is 0 Å². The largest absolute Gasteiger partial charge is 0.386 e. The van der Waals surface area contributed by atoms with E-state index < -0.39 is 40.6 Å². The van der Waals surface area contributed by atoms with Gasteiger partial charge in [0, 0.05) is 22.7 Å². The topological polar surface area (TPSA) is 144 Å². The molecule has 0 saturated heterocycles. The molecule has 0 aromatic heterocycles. The van der Waals surface area contributed by atoms with E-state index in [1.807, 2.05) is 6.92 Å². The average Bonchev–Trinajstić information content (AvgIpc) is 2.61. The van der Waals surface area contributed by atoms with Crippen LogP contribution in [0.4, 0.5) is 0 Å². The molecule has 0 amide bonds. The lowest BCUT2D eigenvalue weighted by Gasteiger charge is -2.20. The molecule has 0 saturated carbocycles. The summed E-state index contributed by atoms with van der Waals surface area (Å²) in [6, 6.07) is -2.73. The number of rotatable bonds is 17. The number of hydrogen-bond donors (Lipinski definition) is 2. The molecule has 0 heterocycles. The highest BCUT2D eigenvalue weighted by molar-refractivity contribution is 5.48. The van der Waals surface area contributed by atoms with E-state index in [0.717, 1.165) is 32.0 Å². The summed E-state index contributed by atoms with van der Waals surface area (Å²) in [5.41, 5.74) is 0. The van der Waals surface area contributed by atoms with E-state index >= 15 is 0 Å². The van der Waals surface area contributed by atoms with Crippen molar-refractivity contribution in [2.75, 3.05) is 0 Å². The fraction of sp³-hybridized carbons (Fsp3) is 0.833. The second-order valence-corrected chi connectivity index (χ2v) is 6.73. The molecule has 0 aliphatic rings. The Labute approximate surface area is 159 Å². The van der Waals surface area contributed by atoms with Crippen molar-refractivity contribution in [2.45, 2.75) is 95.4 Å². The number of aliphatic hydroxyl groups is 2. The van der Waals surface area contributed by atoms with Crippen LogP contribution in [0.5, 0.6) is 0 Å². The van der Waals surface area contributed by atoms with Gasteiger partial charge in [0.25, 0.3) is 0 Å². The standard InChI is InChI=1S/C18H32N2O7/c1-2-3-8-11-15(19(24)25)18(23)14-16(20(26)27)17(22)12-9-6-4-5-7-10-13-21/h6,9,13,15-18,22-23H,2-5,7-8,10-12,14H2,1H3. The predicted octanol–water partition coefficient (Wildman–Crippen LogP) is 2.67. The summed E-state index contributed by atoms with van der Waals surface area (Å²) in [5.74, 6) is 0. The minimum absolute atomic E-state index is 0.0328. The molecule has 0 spiro atoms. The Balaban J connectivity index is 4.61. The van der Waals surface area contributed by atoms with Crippen molar-refractivity contribution in [2.24, 2.45) is 0 Å². The third kappa shape index (κ3) is 11.4. The third-order valence-electron chi connectivity index (χ3n) is 4.50. The maximum atomic E-state index is 11.2. The maximum absolute atomic E-state index is 11.2. The zero-order chi connectivity index (χ0) is 20.7. The number of carbonyl (C=O) groups excluding carboxylic acids is 1. The van der Waals surface area contributed by atoms with E-state index in [0.29, 0.717) is 19.3 Å². The van der Waals surface area contributed by atoms with Gasteiger partial charge in [0.15, 0.2) is 0 Å². The molecule has 9 nitrogen and oxygen atoms in total. The second-order valence-electron chi connectivity index (χ2n) is 6.73. The summed E-state index contributed by atoms with van der Waals surface area (Å²) in [6.45, 7) is 1.95. The zero-order valence-corrected chi connectivity index (χ0v) is 15.9. The lowest BCUT2D eigenvalue weighted by Crippen LogP contribution is -2.42. The summed E-state index contributed by atoms with van der Waals surface area (Å²) in [5, 5.41) is 42.6. The Morgan fingerprint density at radius 2 is 1.52 bits per heavy atom. The van der Waals surface area contributed by atoms with Gasteiger partial charge in [-0.05, 0) is 32.1 Å². The molecule has 0 fully saturated rings. The number of allylic oxidation sites excluding steroid dienone is 1. The van der Waals surface area contributed by atoms with Crippen molar-refractivity contribution in [3.05, 3.63) is 32.4 Å². The smallest absolute Gasteiger partial charge is 0.241 e. The molecule has 0 aromatic carbocycles. The highest BCUT2D eigenvalue weighted by Crippen LogP contribution is 2.18. The van der Waals surface area contributed by atoms with Crippen molar-refractivity contribution >= 4 is 6.29 Å². The molecule has 0 aliphatic carbocycles. The lowest BCUT2D eigenvalue weighted by molar-refractivity contribution is -0.554. The monoisotopic (exact) mass is 388 g/mol. The van der Waals surface area contributed by atoms with E-state index in [1.165, 1.54) is 0 Å². The molecular formula is C18H32N2O7. The molecule has 0 aliphatic heterocycles. The van der Waals surface area contributed by atoms with Gasteiger partial charge >= 0.3 is 0 Å². The van der Waals surface area contributed by atoms with Gasteiger partial charge in [-0.25, -0.2) is 0 Å². The highest BCUT2D eigenvalue weighted by Gasteiger charge is 2.38. The first-order valence-corrected chi connectivity index (χ1v) is 9.56. The van der Waals surface area contributed by atoms with Crippen LogP contribution in [0.25, 0.3) is 0 Å². The van der Waals surface area contributed by atoms with Crippen LogP contribution in [0.1, 0.15) is 71.1 Å². The van der Waals surface area contributed by atoms with Gasteiger partial charge in [-0.2, -0.15) is 0 Å². The fourth-order valence-electron chi connectivity index (χ4n) is 2.83. The normalized spacial score (nSPS) is 16.0. The molecule has 2 N–H and O–H groups in total. The Morgan fingerprint density at radius 3 is 2.07 bits per heavy atom. The van der Waals surface area contributed by atoms with Crippen LogP contribution in [-0.4, -0.2) is 50.6 Å². The van der Waals surface area contributed by atoms with Crippen molar-refractivity contribution in [1.29, 1.82) is 0 Å². The first kappa shape index (κ1) is 25.1. The van der Waals surface area contributed by atoms with Crippen LogP contribution in [0.2, 0.25) is 0 Å². The quantitative estimate of drug-likeness (QED) is 0.128. The van der Waals surface area contributed by atoms with Gasteiger partial charge < -0.3 is 15.0 Å². The number of carbonyl (C=O) groups is 1. The summed E-state index contributed by atoms with van der Waals surface area (Å²) in [7, 11) is 0. The molecule has 156 valence electrons. The highest BCUT2D eigenvalue weighted by atomic mass is 16.6. The molecular weight excluding hydrogens is 356 g/mol. The summed E-state index contributed by atoms with van der Waals surface area (Å²) in [6.07, 6.45) is 6.18. The average molecular weight is 388 g/mol. The summed E-state index contributed by atoms with van der Waals surface area (Å²) in [4.78, 5) is 31.3. The molecule has 0 bridgehead atoms. The van der Waals surface area contributed by atoms with Crippen LogP contribution < -0.4 is 0 Å². The Kier molecular flexibility index (Phi) is 14.2. The van der Waals surface area contributed by atoms with Gasteiger partial charge in [0.05, 0.1) is 6.42 Å². The number of unbranched alkanes of at least 4 members (excludes halogenated alkanes) is 5. The van der Waals surface area contributed by atoms with E-state index in [1.54, 1.807) is 12.2 Å². The van der Waals surface area contributed by atoms with Crippen LogP contribution >= 0.6 is 0 Å². The maximum Gasteiger partial charge on any atom is 0.241 e. The van der Waals surface area contributed by atoms with E-state index in [9.17, 15) is 35.2 Å². The predicted molar refractivity (Wildman–Crippen MR) is 101 cm³/mol. The fourth-order valence-corrected chi connectivity index (χ4v) is 2.83. The first-order valence-electron chi connectivity index (χ1n) is 9.56. The van der Waals surface area contributed by atoms with Crippen molar-refractivity contribution in [3.63, 3.8) is 0 Å². The van der Waals surface area contributed by atoms with Gasteiger partial charge in [0.2, 0.25) is 12.1 Å². The second kappa shape index (κ2) is 15.2. The van der Waals surface area contributed by atoms with E-state index in [4.69, 9.17) is 0 Å². The summed E-state index contributed by atoms with van der Waals surface area (Å²) < 4.78 is 0. The number of nitro groups is 2. The molecule has 4 unspecified atom stereocenters. The third-order valence-corrected chi connectivity index (χ3v) is 4.50. The van der Waals surface area contributed by atoms with Gasteiger partial charge in [-0.3, -0.25) is 20.2 Å². The van der Waals surface area contributed by atoms with Gasteiger partial charge in [-0.1, -0.05) is 31.9 Å². The molecule has 27 heavy (non-hydrogen) atoms. The SMILES string of the molecule is CCCCCC(C(O)CC(C(O)CC=CCCCCC=O)[N+](=O)[O-])[N+](=O)[O-]. The number of nitrogens with zero attached hydrogens (tertiary/aromatic N) is 2. The first-order chi connectivity index (χ1) is 12.8. The van der Waals surface area contributed by atoms with E-state index in [2.05, 4.69) is 0 Å². The van der Waals surface area contributed by atoms with E-state index in [-0.39, 0.29) is 12.8 Å². The molecule has 9 heteroatoms. The molecule has 0 rings (SSSR count). The van der Waals surface area contributed by atoms with Crippen molar-refractivity contribution < 1.29 is 24.9 Å².